The summed E-state index contributed by atoms with van der Waals surface area (Å²) in [5.41, 5.74) is -0.877. The number of aromatic nitrogens is 2. The fraction of sp³-hybridized carbons (Fsp3) is 0.435. The number of phenols is 1. The molecular weight excluding hydrogens is 410 g/mol. The number of aromatic amines is 2. The van der Waals surface area contributed by atoms with Gasteiger partial charge >= 0.3 is 0 Å². The van der Waals surface area contributed by atoms with Gasteiger partial charge in [0.15, 0.2) is 5.75 Å². The Kier molecular flexibility index (Phi) is 15.3. The molecule has 0 radical (unpaired) electrons. The number of terminal acetylenes is 1. The summed E-state index contributed by atoms with van der Waals surface area (Å²) < 4.78 is 0. The van der Waals surface area contributed by atoms with E-state index < -0.39 is 11.1 Å². The monoisotopic (exact) mass is 447 g/mol. The summed E-state index contributed by atoms with van der Waals surface area (Å²) in [4.78, 5) is 37.3. The third kappa shape index (κ3) is 9.43. The van der Waals surface area contributed by atoms with Crippen molar-refractivity contribution in [2.24, 2.45) is 5.92 Å². The number of carbonyl (C=O) groups excluding carboxylic acids is 1. The zero-order valence-corrected chi connectivity index (χ0v) is 20.3. The predicted octanol–water partition coefficient (Wildman–Crippen LogP) is 3.58. The Morgan fingerprint density at radius 2 is 1.53 bits per heavy atom. The van der Waals surface area contributed by atoms with Crippen molar-refractivity contribution < 1.29 is 9.90 Å². The summed E-state index contributed by atoms with van der Waals surface area (Å²) in [6.07, 6.45) is 8.00. The van der Waals surface area contributed by atoms with Crippen LogP contribution in [0.2, 0.25) is 0 Å². The zero-order valence-electron chi connectivity index (χ0n) is 20.3. The van der Waals surface area contributed by atoms with Gasteiger partial charge in [-0.15, -0.1) is 12.8 Å². The van der Waals surface area contributed by atoms with E-state index in [1.54, 1.807) is 27.1 Å². The van der Waals surface area contributed by atoms with Crippen LogP contribution in [0.25, 0.3) is 0 Å². The Bertz CT molecular complexity index is 956. The van der Waals surface area contributed by atoms with Crippen LogP contribution in [-0.4, -0.2) is 46.8 Å². The minimum absolute atomic E-state index is 0.0463. The normalized spacial score (nSPS) is 9.09. The minimum Gasteiger partial charge on any atom is -0.505 e. The number of nitrogens with one attached hydrogen (secondary N) is 4. The van der Waals surface area contributed by atoms with Crippen LogP contribution in [0.3, 0.4) is 0 Å². The highest BCUT2D eigenvalue weighted by molar-refractivity contribution is 5.98. The molecule has 0 spiro atoms. The molecule has 0 saturated carbocycles. The molecule has 0 unspecified atom stereocenters. The molecule has 9 nitrogen and oxygen atoms in total. The lowest BCUT2D eigenvalue weighted by Gasteiger charge is -2.15. The molecule has 2 aromatic rings. The maximum Gasteiger partial charge on any atom is 0.288 e. The van der Waals surface area contributed by atoms with Gasteiger partial charge in [-0.05, 0) is 25.0 Å². The molecule has 0 aliphatic rings. The Balaban J connectivity index is 0. The van der Waals surface area contributed by atoms with Gasteiger partial charge in [0, 0.05) is 20.6 Å². The Hall–Kier alpha value is -3.67. The van der Waals surface area contributed by atoms with Crippen LogP contribution in [-0.2, 0) is 0 Å². The van der Waals surface area contributed by atoms with E-state index in [2.05, 4.69) is 54.4 Å². The van der Waals surface area contributed by atoms with Gasteiger partial charge in [0.05, 0.1) is 11.3 Å². The summed E-state index contributed by atoms with van der Waals surface area (Å²) in [6.45, 7) is 12.7. The van der Waals surface area contributed by atoms with E-state index in [-0.39, 0.29) is 34.3 Å². The van der Waals surface area contributed by atoms with Crippen LogP contribution in [0.15, 0.2) is 27.8 Å². The quantitative estimate of drug-likeness (QED) is 0.352. The van der Waals surface area contributed by atoms with E-state index >= 15 is 0 Å². The van der Waals surface area contributed by atoms with Crippen molar-refractivity contribution in [1.29, 1.82) is 0 Å². The van der Waals surface area contributed by atoms with Crippen molar-refractivity contribution >= 4 is 23.0 Å². The summed E-state index contributed by atoms with van der Waals surface area (Å²) in [6, 6.07) is 4.53. The molecule has 2 rings (SSSR count). The number of H-pyrrole nitrogens is 2. The van der Waals surface area contributed by atoms with Gasteiger partial charge < -0.3 is 20.6 Å². The van der Waals surface area contributed by atoms with E-state index in [1.807, 2.05) is 13.8 Å². The molecule has 1 aromatic carbocycles. The lowest BCUT2D eigenvalue weighted by Crippen LogP contribution is -2.26. The smallest absolute Gasteiger partial charge is 0.288 e. The molecule has 32 heavy (non-hydrogen) atoms. The summed E-state index contributed by atoms with van der Waals surface area (Å²) >= 11 is 0. The van der Waals surface area contributed by atoms with E-state index in [1.165, 1.54) is 17.0 Å². The molecule has 0 bridgehead atoms. The maximum absolute atomic E-state index is 12.1. The van der Waals surface area contributed by atoms with Crippen LogP contribution < -0.4 is 21.8 Å². The van der Waals surface area contributed by atoms with Crippen molar-refractivity contribution in [2.45, 2.75) is 41.5 Å². The number of para-hydroxylation sites is 1. The predicted molar refractivity (Wildman–Crippen MR) is 133 cm³/mol. The third-order valence-electron chi connectivity index (χ3n) is 3.28. The first-order valence-electron chi connectivity index (χ1n) is 10.3. The second-order valence-electron chi connectivity index (χ2n) is 6.95. The molecule has 1 amide bonds. The standard InChI is InChI=1S/C15H19N5O4.C4H10.C2H6.C2H2/c1-4-16-10-11(14(23)19-18-13(10)22)17-9-7-5-6-8(12(9)21)15(24)20(2)3;1-4(2)3;2*1-2/h5-7,21H,4H2,1-3H3,(H2,16,19,23)(H2,17,18,22);4H,1-3H3;1-2H3;1-2H. The van der Waals surface area contributed by atoms with Crippen LogP contribution in [0, 0.1) is 18.8 Å². The number of rotatable bonds is 5. The van der Waals surface area contributed by atoms with Crippen molar-refractivity contribution in [1.82, 2.24) is 15.1 Å². The van der Waals surface area contributed by atoms with Gasteiger partial charge in [-0.25, -0.2) is 0 Å². The fourth-order valence-electron chi connectivity index (χ4n) is 2.12. The number of hydrogen-bond donors (Lipinski definition) is 5. The first-order chi connectivity index (χ1) is 15.1. The minimum atomic E-state index is -0.575. The molecule has 0 saturated heterocycles. The van der Waals surface area contributed by atoms with Crippen LogP contribution in [0.5, 0.6) is 5.75 Å². The van der Waals surface area contributed by atoms with E-state index in [9.17, 15) is 19.5 Å². The lowest BCUT2D eigenvalue weighted by atomic mass is 10.1. The highest BCUT2D eigenvalue weighted by atomic mass is 16.3. The largest absolute Gasteiger partial charge is 0.505 e. The summed E-state index contributed by atoms with van der Waals surface area (Å²) in [5.74, 6) is 0.140. The number of hydrogen-bond acceptors (Lipinski definition) is 6. The molecule has 0 aliphatic heterocycles. The van der Waals surface area contributed by atoms with Gasteiger partial charge in [-0.2, -0.15) is 0 Å². The summed E-state index contributed by atoms with van der Waals surface area (Å²) in [5, 5.41) is 20.3. The number of anilines is 3. The zero-order chi connectivity index (χ0) is 25.4. The Morgan fingerprint density at radius 1 is 1.06 bits per heavy atom. The second-order valence-corrected chi connectivity index (χ2v) is 6.95. The number of phenolic OH excluding ortho intramolecular Hbond substituents is 1. The average Bonchev–Trinajstić information content (AvgIpc) is 2.76. The first-order valence-corrected chi connectivity index (χ1v) is 10.3. The number of amides is 1. The number of benzene rings is 1. The fourth-order valence-corrected chi connectivity index (χ4v) is 2.12. The lowest BCUT2D eigenvalue weighted by molar-refractivity contribution is 0.0824. The number of nitrogens with zero attached hydrogens (tertiary/aromatic N) is 1. The molecule has 0 aliphatic carbocycles. The van der Waals surface area contributed by atoms with Crippen LogP contribution in [0.4, 0.5) is 17.1 Å². The topological polar surface area (TPSA) is 130 Å². The maximum atomic E-state index is 12.1. The van der Waals surface area contributed by atoms with Gasteiger partial charge in [0.1, 0.15) is 11.4 Å². The van der Waals surface area contributed by atoms with E-state index in [0.29, 0.717) is 6.54 Å². The van der Waals surface area contributed by atoms with Crippen molar-refractivity contribution in [3.8, 4) is 18.6 Å². The van der Waals surface area contributed by atoms with Crippen LogP contribution >= 0.6 is 0 Å². The molecule has 1 heterocycles. The van der Waals surface area contributed by atoms with E-state index in [4.69, 9.17) is 0 Å². The first kappa shape index (κ1) is 30.5. The molecule has 0 atom stereocenters. The molecule has 5 N–H and O–H groups in total. The van der Waals surface area contributed by atoms with E-state index in [0.717, 1.165) is 5.92 Å². The van der Waals surface area contributed by atoms with Crippen LogP contribution in [0.1, 0.15) is 51.9 Å². The second kappa shape index (κ2) is 16.1. The Morgan fingerprint density at radius 3 is 1.97 bits per heavy atom. The van der Waals surface area contributed by atoms with Gasteiger partial charge in [-0.1, -0.05) is 40.7 Å². The number of carbonyl (C=O) groups is 1. The van der Waals surface area contributed by atoms with Gasteiger partial charge in [-0.3, -0.25) is 24.6 Å². The van der Waals surface area contributed by atoms with Gasteiger partial charge in [0.2, 0.25) is 0 Å². The van der Waals surface area contributed by atoms with Gasteiger partial charge in [0.25, 0.3) is 17.0 Å². The molecular formula is C23H37N5O4. The Labute approximate surface area is 190 Å². The van der Waals surface area contributed by atoms with Crippen molar-refractivity contribution in [3.63, 3.8) is 0 Å². The SMILES string of the molecule is C#C.CC.CC(C)C.CCNc1c(Nc2cccc(C(=O)N(C)C)c2O)c(=O)[nH][nH]c1=O. The van der Waals surface area contributed by atoms with Crippen molar-refractivity contribution in [2.75, 3.05) is 31.3 Å². The highest BCUT2D eigenvalue weighted by Crippen LogP contribution is 2.31. The highest BCUT2D eigenvalue weighted by Gasteiger charge is 2.18. The number of aromatic hydroxyl groups is 1. The summed E-state index contributed by atoms with van der Waals surface area (Å²) in [7, 11) is 3.12. The average molecular weight is 448 g/mol. The van der Waals surface area contributed by atoms with Crippen molar-refractivity contribution in [3.05, 3.63) is 44.5 Å². The molecule has 1 aromatic heterocycles. The molecule has 9 heteroatoms. The molecule has 0 fully saturated rings. The molecule has 178 valence electrons. The third-order valence-corrected chi connectivity index (χ3v) is 3.28.